The largest absolute Gasteiger partial charge is 0.497 e. The summed E-state index contributed by atoms with van der Waals surface area (Å²) in [5.41, 5.74) is 1.58. The molecule has 20 heavy (non-hydrogen) atoms. The van der Waals surface area contributed by atoms with Crippen LogP contribution in [0.3, 0.4) is 0 Å². The minimum absolute atomic E-state index is 0.237. The molecule has 0 aliphatic carbocycles. The van der Waals surface area contributed by atoms with Crippen LogP contribution in [0.4, 0.5) is 0 Å². The predicted octanol–water partition coefficient (Wildman–Crippen LogP) is 3.41. The van der Waals surface area contributed by atoms with E-state index in [0.717, 1.165) is 15.7 Å². The fourth-order valence-corrected chi connectivity index (χ4v) is 2.55. The summed E-state index contributed by atoms with van der Waals surface area (Å²) in [6, 6.07) is 9.27. The molecule has 0 spiro atoms. The van der Waals surface area contributed by atoms with Crippen molar-refractivity contribution in [1.29, 1.82) is 0 Å². The number of hydrogen-bond acceptors (Lipinski definition) is 4. The fourth-order valence-electron chi connectivity index (χ4n) is 2.31. The van der Waals surface area contributed by atoms with E-state index >= 15 is 0 Å². The summed E-state index contributed by atoms with van der Waals surface area (Å²) < 4.78 is 12.0. The van der Waals surface area contributed by atoms with Crippen LogP contribution in [0.5, 0.6) is 11.5 Å². The number of halogens is 1. The standard InChI is InChI=1S/C15H14BrNO3/c1-19-10-3-5-14-11(6-10)13(18)7-15(20-14)12-4-2-9(16)8-17-12/h2-6,8,13,15,18H,7H2,1H3. The first-order valence-electron chi connectivity index (χ1n) is 6.31. The zero-order valence-electron chi connectivity index (χ0n) is 10.9. The van der Waals surface area contributed by atoms with Gasteiger partial charge in [0.2, 0.25) is 0 Å². The molecule has 3 rings (SSSR count). The number of methoxy groups -OCH3 is 1. The maximum atomic E-state index is 10.3. The quantitative estimate of drug-likeness (QED) is 0.913. The zero-order chi connectivity index (χ0) is 14.1. The highest BCUT2D eigenvalue weighted by Crippen LogP contribution is 2.41. The van der Waals surface area contributed by atoms with Crippen LogP contribution in [0.25, 0.3) is 0 Å². The van der Waals surface area contributed by atoms with E-state index in [1.807, 2.05) is 30.3 Å². The van der Waals surface area contributed by atoms with Crippen molar-refractivity contribution in [3.8, 4) is 11.5 Å². The number of ether oxygens (including phenoxy) is 2. The number of hydrogen-bond donors (Lipinski definition) is 1. The van der Waals surface area contributed by atoms with Crippen molar-refractivity contribution >= 4 is 15.9 Å². The first-order valence-corrected chi connectivity index (χ1v) is 7.11. The molecule has 0 bridgehead atoms. The van der Waals surface area contributed by atoms with Gasteiger partial charge in [0.15, 0.2) is 0 Å². The zero-order valence-corrected chi connectivity index (χ0v) is 12.5. The molecule has 1 aliphatic heterocycles. The molecule has 0 amide bonds. The molecule has 0 fully saturated rings. The second-order valence-corrected chi connectivity index (χ2v) is 5.58. The van der Waals surface area contributed by atoms with Gasteiger partial charge in [0, 0.05) is 22.7 Å². The third kappa shape index (κ3) is 2.51. The van der Waals surface area contributed by atoms with Gasteiger partial charge in [-0.05, 0) is 46.3 Å². The van der Waals surface area contributed by atoms with Crippen LogP contribution in [-0.4, -0.2) is 17.2 Å². The molecule has 1 N–H and O–H groups in total. The first kappa shape index (κ1) is 13.4. The molecule has 104 valence electrons. The van der Waals surface area contributed by atoms with E-state index in [9.17, 15) is 5.11 Å². The number of aliphatic hydroxyl groups is 1. The normalized spacial score (nSPS) is 20.9. The van der Waals surface area contributed by atoms with Crippen molar-refractivity contribution in [1.82, 2.24) is 4.98 Å². The van der Waals surface area contributed by atoms with E-state index in [2.05, 4.69) is 20.9 Å². The van der Waals surface area contributed by atoms with Gasteiger partial charge in [0.25, 0.3) is 0 Å². The number of aromatic nitrogens is 1. The average molecular weight is 336 g/mol. The number of benzene rings is 1. The molecule has 1 aromatic heterocycles. The van der Waals surface area contributed by atoms with Gasteiger partial charge in [0.05, 0.1) is 18.9 Å². The molecule has 0 saturated heterocycles. The SMILES string of the molecule is COc1ccc2c(c1)C(O)CC(c1ccc(Br)cn1)O2. The minimum atomic E-state index is -0.579. The number of aliphatic hydroxyl groups excluding tert-OH is 1. The van der Waals surface area contributed by atoms with Crippen LogP contribution in [-0.2, 0) is 0 Å². The fraction of sp³-hybridized carbons (Fsp3) is 0.267. The molecular formula is C15H14BrNO3. The molecule has 4 nitrogen and oxygen atoms in total. The van der Waals surface area contributed by atoms with Crippen molar-refractivity contribution in [2.24, 2.45) is 0 Å². The topological polar surface area (TPSA) is 51.6 Å². The highest BCUT2D eigenvalue weighted by Gasteiger charge is 2.29. The monoisotopic (exact) mass is 335 g/mol. The minimum Gasteiger partial charge on any atom is -0.497 e. The molecule has 1 aromatic carbocycles. The lowest BCUT2D eigenvalue weighted by Crippen LogP contribution is -2.19. The summed E-state index contributed by atoms with van der Waals surface area (Å²) in [4.78, 5) is 4.34. The molecule has 0 radical (unpaired) electrons. The number of pyridine rings is 1. The van der Waals surface area contributed by atoms with E-state index in [0.29, 0.717) is 17.9 Å². The second kappa shape index (κ2) is 5.42. The van der Waals surface area contributed by atoms with Crippen molar-refractivity contribution in [2.75, 3.05) is 7.11 Å². The van der Waals surface area contributed by atoms with Crippen LogP contribution in [0.15, 0.2) is 41.0 Å². The summed E-state index contributed by atoms with van der Waals surface area (Å²) in [5, 5.41) is 10.3. The van der Waals surface area contributed by atoms with Crippen LogP contribution < -0.4 is 9.47 Å². The van der Waals surface area contributed by atoms with Gasteiger partial charge in [-0.25, -0.2) is 0 Å². The van der Waals surface area contributed by atoms with Gasteiger partial charge in [-0.2, -0.15) is 0 Å². The lowest BCUT2D eigenvalue weighted by Gasteiger charge is -2.29. The molecule has 2 heterocycles. The molecule has 2 atom stereocenters. The third-order valence-electron chi connectivity index (χ3n) is 3.36. The van der Waals surface area contributed by atoms with Crippen LogP contribution >= 0.6 is 15.9 Å². The average Bonchev–Trinajstić information content (AvgIpc) is 2.47. The van der Waals surface area contributed by atoms with E-state index in [-0.39, 0.29) is 6.10 Å². The Morgan fingerprint density at radius 1 is 1.35 bits per heavy atom. The Hall–Kier alpha value is -1.59. The Bertz CT molecular complexity index is 615. The summed E-state index contributed by atoms with van der Waals surface area (Å²) >= 11 is 3.36. The van der Waals surface area contributed by atoms with Crippen LogP contribution in [0.2, 0.25) is 0 Å². The number of fused-ring (bicyclic) bond motifs is 1. The molecular weight excluding hydrogens is 322 g/mol. The van der Waals surface area contributed by atoms with Gasteiger partial charge in [0.1, 0.15) is 17.6 Å². The van der Waals surface area contributed by atoms with Crippen LogP contribution in [0.1, 0.15) is 29.9 Å². The molecule has 1 aliphatic rings. The van der Waals surface area contributed by atoms with E-state index in [1.54, 1.807) is 13.3 Å². The second-order valence-electron chi connectivity index (χ2n) is 4.66. The van der Waals surface area contributed by atoms with Crippen molar-refractivity contribution in [3.63, 3.8) is 0 Å². The van der Waals surface area contributed by atoms with Crippen LogP contribution in [0, 0.1) is 0 Å². The van der Waals surface area contributed by atoms with Crippen molar-refractivity contribution in [2.45, 2.75) is 18.6 Å². The van der Waals surface area contributed by atoms with Gasteiger partial charge in [-0.1, -0.05) is 0 Å². The van der Waals surface area contributed by atoms with Crippen molar-refractivity contribution in [3.05, 3.63) is 52.3 Å². The molecule has 5 heteroatoms. The lowest BCUT2D eigenvalue weighted by molar-refractivity contribution is 0.0634. The summed E-state index contributed by atoms with van der Waals surface area (Å²) in [6.45, 7) is 0. The summed E-state index contributed by atoms with van der Waals surface area (Å²) in [5.74, 6) is 1.39. The smallest absolute Gasteiger partial charge is 0.143 e. The maximum absolute atomic E-state index is 10.3. The highest BCUT2D eigenvalue weighted by atomic mass is 79.9. The van der Waals surface area contributed by atoms with Gasteiger partial charge >= 0.3 is 0 Å². The summed E-state index contributed by atoms with van der Waals surface area (Å²) in [6.07, 6.45) is 1.40. The molecule has 2 unspecified atom stereocenters. The Balaban J connectivity index is 1.90. The first-order chi connectivity index (χ1) is 9.67. The highest BCUT2D eigenvalue weighted by molar-refractivity contribution is 9.10. The number of nitrogens with zero attached hydrogens (tertiary/aromatic N) is 1. The Kier molecular flexibility index (Phi) is 3.63. The molecule has 0 saturated carbocycles. The predicted molar refractivity (Wildman–Crippen MR) is 77.9 cm³/mol. The molecule has 2 aromatic rings. The van der Waals surface area contributed by atoms with E-state index in [4.69, 9.17) is 9.47 Å². The van der Waals surface area contributed by atoms with Crippen molar-refractivity contribution < 1.29 is 14.6 Å². The number of rotatable bonds is 2. The van der Waals surface area contributed by atoms with Gasteiger partial charge in [-0.15, -0.1) is 0 Å². The van der Waals surface area contributed by atoms with E-state index < -0.39 is 6.10 Å². The Labute approximate surface area is 125 Å². The third-order valence-corrected chi connectivity index (χ3v) is 3.83. The Morgan fingerprint density at radius 3 is 2.90 bits per heavy atom. The Morgan fingerprint density at radius 2 is 2.20 bits per heavy atom. The van der Waals surface area contributed by atoms with Gasteiger partial charge in [-0.3, -0.25) is 4.98 Å². The lowest BCUT2D eigenvalue weighted by atomic mass is 9.97. The van der Waals surface area contributed by atoms with E-state index in [1.165, 1.54) is 0 Å². The maximum Gasteiger partial charge on any atom is 0.143 e. The summed E-state index contributed by atoms with van der Waals surface area (Å²) in [7, 11) is 1.60. The van der Waals surface area contributed by atoms with Gasteiger partial charge < -0.3 is 14.6 Å².